The number of carbonyl (C=O) groups is 1. The predicted molar refractivity (Wildman–Crippen MR) is 116 cm³/mol. The number of pyridine rings is 1. The first-order valence-corrected chi connectivity index (χ1v) is 11.0. The van der Waals surface area contributed by atoms with Crippen LogP contribution in [0.2, 0.25) is 0 Å². The van der Waals surface area contributed by atoms with Gasteiger partial charge in [0, 0.05) is 11.6 Å². The highest BCUT2D eigenvalue weighted by atomic mass is 19.1. The minimum absolute atomic E-state index is 0.0228. The molecule has 7 N–H and O–H groups in total. The van der Waals surface area contributed by atoms with Gasteiger partial charge in [-0.2, -0.15) is 0 Å². The number of hydrogen-bond donors (Lipinski definition) is 5. The molecule has 2 heterocycles. The van der Waals surface area contributed by atoms with Crippen LogP contribution in [-0.2, 0) is 10.3 Å². The Labute approximate surface area is 188 Å². The first kappa shape index (κ1) is 21.6. The van der Waals surface area contributed by atoms with Gasteiger partial charge in [0.1, 0.15) is 23.0 Å². The quantitative estimate of drug-likeness (QED) is 0.413. The van der Waals surface area contributed by atoms with Crippen molar-refractivity contribution >= 4 is 23.3 Å². The SMILES string of the molecule is N=C(c1nc(N[C@H]2C3CCC(CC3)[C@@H]2C(=O)O)c(F)c(C2(N)CC2)n1)c1cc(F)cnc1N. The third kappa shape index (κ3) is 3.69. The number of nitrogens with zero attached hydrogens (tertiary/aromatic N) is 3. The summed E-state index contributed by atoms with van der Waals surface area (Å²) in [7, 11) is 0. The Bertz CT molecular complexity index is 1150. The molecule has 0 saturated heterocycles. The Morgan fingerprint density at radius 1 is 1.18 bits per heavy atom. The van der Waals surface area contributed by atoms with E-state index in [1.807, 2.05) is 0 Å². The lowest BCUT2D eigenvalue weighted by Gasteiger charge is -2.47. The Balaban J connectivity index is 1.57. The Kier molecular flexibility index (Phi) is 5.04. The van der Waals surface area contributed by atoms with Crippen LogP contribution >= 0.6 is 0 Å². The smallest absolute Gasteiger partial charge is 0.308 e. The summed E-state index contributed by atoms with van der Waals surface area (Å²) in [6.45, 7) is 0. The van der Waals surface area contributed by atoms with E-state index < -0.39 is 35.1 Å². The lowest BCUT2D eigenvalue weighted by molar-refractivity contribution is -0.148. The monoisotopic (exact) mass is 457 g/mol. The molecule has 11 heteroatoms. The number of nitrogens with one attached hydrogen (secondary N) is 2. The molecule has 4 saturated carbocycles. The van der Waals surface area contributed by atoms with Gasteiger partial charge in [-0.3, -0.25) is 10.2 Å². The third-order valence-corrected chi connectivity index (χ3v) is 7.30. The van der Waals surface area contributed by atoms with E-state index in [2.05, 4.69) is 20.3 Å². The van der Waals surface area contributed by atoms with Gasteiger partial charge in [-0.15, -0.1) is 0 Å². The van der Waals surface area contributed by atoms with Crippen LogP contribution in [0.5, 0.6) is 0 Å². The summed E-state index contributed by atoms with van der Waals surface area (Å²) < 4.78 is 29.3. The van der Waals surface area contributed by atoms with Crippen molar-refractivity contribution in [2.75, 3.05) is 11.1 Å². The largest absolute Gasteiger partial charge is 0.481 e. The summed E-state index contributed by atoms with van der Waals surface area (Å²) in [5.74, 6) is -3.38. The number of halogens is 2. The minimum Gasteiger partial charge on any atom is -0.481 e. The van der Waals surface area contributed by atoms with Crippen LogP contribution in [0.15, 0.2) is 12.3 Å². The lowest BCUT2D eigenvalue weighted by atomic mass is 9.61. The molecular weight excluding hydrogens is 432 g/mol. The molecule has 0 aromatic carbocycles. The number of nitrogens with two attached hydrogens (primary N) is 2. The second-order valence-corrected chi connectivity index (χ2v) is 9.38. The van der Waals surface area contributed by atoms with Crippen LogP contribution in [-0.4, -0.2) is 37.8 Å². The molecule has 4 aliphatic rings. The van der Waals surface area contributed by atoms with Crippen LogP contribution in [0.3, 0.4) is 0 Å². The van der Waals surface area contributed by atoms with Gasteiger partial charge in [0.2, 0.25) is 0 Å². The normalized spacial score (nSPS) is 27.2. The fourth-order valence-corrected chi connectivity index (χ4v) is 5.30. The first-order chi connectivity index (χ1) is 15.7. The summed E-state index contributed by atoms with van der Waals surface area (Å²) in [5.41, 5.74) is 10.7. The molecule has 0 spiro atoms. The molecule has 33 heavy (non-hydrogen) atoms. The van der Waals surface area contributed by atoms with E-state index in [0.29, 0.717) is 12.8 Å². The van der Waals surface area contributed by atoms with Gasteiger partial charge in [-0.05, 0) is 56.4 Å². The van der Waals surface area contributed by atoms with Crippen molar-refractivity contribution in [3.63, 3.8) is 0 Å². The van der Waals surface area contributed by atoms with Crippen molar-refractivity contribution in [3.05, 3.63) is 41.0 Å². The molecule has 2 aromatic heterocycles. The van der Waals surface area contributed by atoms with Crippen molar-refractivity contribution in [3.8, 4) is 0 Å². The number of carboxylic acids is 1. The number of hydrogen-bond acceptors (Lipinski definition) is 8. The van der Waals surface area contributed by atoms with E-state index in [1.165, 1.54) is 0 Å². The van der Waals surface area contributed by atoms with Gasteiger partial charge in [0.15, 0.2) is 17.5 Å². The van der Waals surface area contributed by atoms with Crippen molar-refractivity contribution in [2.45, 2.75) is 50.1 Å². The van der Waals surface area contributed by atoms with Crippen LogP contribution in [0.1, 0.15) is 55.6 Å². The average Bonchev–Trinajstić information content (AvgIpc) is 3.55. The molecule has 4 aliphatic carbocycles. The summed E-state index contributed by atoms with van der Waals surface area (Å²) in [5, 5.41) is 21.4. The third-order valence-electron chi connectivity index (χ3n) is 7.30. The van der Waals surface area contributed by atoms with E-state index in [4.69, 9.17) is 16.9 Å². The van der Waals surface area contributed by atoms with Gasteiger partial charge in [0.05, 0.1) is 17.7 Å². The minimum atomic E-state index is -0.984. The molecule has 2 aromatic rings. The van der Waals surface area contributed by atoms with Crippen LogP contribution in [0, 0.1) is 34.8 Å². The molecule has 0 amide bonds. The van der Waals surface area contributed by atoms with Gasteiger partial charge in [-0.1, -0.05) is 0 Å². The summed E-state index contributed by atoms with van der Waals surface area (Å²) >= 11 is 0. The molecule has 174 valence electrons. The average molecular weight is 457 g/mol. The van der Waals surface area contributed by atoms with E-state index in [1.54, 1.807) is 0 Å². The van der Waals surface area contributed by atoms with E-state index >= 15 is 4.39 Å². The highest BCUT2D eigenvalue weighted by molar-refractivity contribution is 6.11. The number of rotatable bonds is 6. The maximum absolute atomic E-state index is 15.5. The van der Waals surface area contributed by atoms with Crippen LogP contribution in [0.4, 0.5) is 20.4 Å². The summed E-state index contributed by atoms with van der Waals surface area (Å²) in [4.78, 5) is 24.2. The van der Waals surface area contributed by atoms with Crippen molar-refractivity contribution in [1.82, 2.24) is 15.0 Å². The Hall–Kier alpha value is -3.21. The Morgan fingerprint density at radius 3 is 2.48 bits per heavy atom. The zero-order chi connectivity index (χ0) is 23.5. The van der Waals surface area contributed by atoms with Gasteiger partial charge in [0.25, 0.3) is 0 Å². The fourth-order valence-electron chi connectivity index (χ4n) is 5.30. The molecule has 2 atom stereocenters. The molecule has 0 aliphatic heterocycles. The van der Waals surface area contributed by atoms with Gasteiger partial charge >= 0.3 is 5.97 Å². The first-order valence-electron chi connectivity index (χ1n) is 11.0. The molecule has 2 bridgehead atoms. The molecule has 6 rings (SSSR count). The molecule has 0 unspecified atom stereocenters. The van der Waals surface area contributed by atoms with E-state index in [0.717, 1.165) is 37.9 Å². The number of aromatic nitrogens is 3. The standard InChI is InChI=1S/C22H25F2N7O2/c23-11-7-12(18(26)28-8-11)15(25)20-30-17(22(27)5-6-22)14(24)19(31-20)29-16-10-3-1-9(2-4-10)13(16)21(32)33/h7-10,13,16,25H,1-6,27H2,(H2,26,28)(H,32,33)(H,29,30,31)/t9?,10?,13-,16-/m0/s1. The van der Waals surface area contributed by atoms with Crippen molar-refractivity contribution in [2.24, 2.45) is 23.5 Å². The van der Waals surface area contributed by atoms with Gasteiger partial charge < -0.3 is 21.9 Å². The van der Waals surface area contributed by atoms with E-state index in [-0.39, 0.29) is 46.3 Å². The number of anilines is 2. The zero-order valence-corrected chi connectivity index (χ0v) is 17.8. The maximum Gasteiger partial charge on any atom is 0.308 e. The molecular formula is C22H25F2N7O2. The lowest BCUT2D eigenvalue weighted by Crippen LogP contribution is -2.51. The number of nitrogen functional groups attached to an aromatic ring is 1. The second kappa shape index (κ2) is 7.68. The topological polar surface area (TPSA) is 164 Å². The second-order valence-electron chi connectivity index (χ2n) is 9.38. The highest BCUT2D eigenvalue weighted by Crippen LogP contribution is 2.47. The summed E-state index contributed by atoms with van der Waals surface area (Å²) in [6, 6.07) is 0.545. The molecule has 4 fully saturated rings. The van der Waals surface area contributed by atoms with Crippen LogP contribution < -0.4 is 16.8 Å². The Morgan fingerprint density at radius 2 is 1.85 bits per heavy atom. The number of carboxylic acid groups (broad SMARTS) is 1. The number of fused-ring (bicyclic) bond motifs is 3. The predicted octanol–water partition coefficient (Wildman–Crippen LogP) is 2.40. The highest BCUT2D eigenvalue weighted by Gasteiger charge is 2.49. The van der Waals surface area contributed by atoms with Gasteiger partial charge in [-0.25, -0.2) is 23.7 Å². The zero-order valence-electron chi connectivity index (χ0n) is 17.8. The van der Waals surface area contributed by atoms with Crippen molar-refractivity contribution < 1.29 is 18.7 Å². The van der Waals surface area contributed by atoms with Crippen molar-refractivity contribution in [1.29, 1.82) is 5.41 Å². The molecule has 9 nitrogen and oxygen atoms in total. The number of aliphatic carboxylic acids is 1. The molecule has 0 radical (unpaired) electrons. The van der Waals surface area contributed by atoms with E-state index in [9.17, 15) is 14.3 Å². The van der Waals surface area contributed by atoms with Crippen LogP contribution in [0.25, 0.3) is 0 Å². The summed E-state index contributed by atoms with van der Waals surface area (Å²) in [6.07, 6.45) is 5.36. The maximum atomic E-state index is 15.5. The fraction of sp³-hybridized carbons (Fsp3) is 0.500.